The van der Waals surface area contributed by atoms with Crippen molar-refractivity contribution in [3.05, 3.63) is 90.1 Å². The average Bonchev–Trinajstić information content (AvgIpc) is 3.62. The van der Waals surface area contributed by atoms with Crippen LogP contribution in [0.25, 0.3) is 22.4 Å². The molecule has 178 valence electrons. The Balaban J connectivity index is 1.34. The highest BCUT2D eigenvalue weighted by molar-refractivity contribution is 7.99. The predicted molar refractivity (Wildman–Crippen MR) is 136 cm³/mol. The number of nitrogens with zero attached hydrogens (tertiary/aromatic N) is 4. The predicted octanol–water partition coefficient (Wildman–Crippen LogP) is 5.95. The van der Waals surface area contributed by atoms with Gasteiger partial charge < -0.3 is 13.7 Å². The Morgan fingerprint density at radius 3 is 2.71 bits per heavy atom. The third kappa shape index (κ3) is 4.88. The maximum atomic E-state index is 13.1. The second-order valence-electron chi connectivity index (χ2n) is 8.50. The number of benzene rings is 2. The van der Waals surface area contributed by atoms with Crippen molar-refractivity contribution in [1.82, 2.24) is 19.7 Å². The molecule has 1 amide bonds. The maximum absolute atomic E-state index is 13.1. The first-order valence-corrected chi connectivity index (χ1v) is 12.4. The highest BCUT2D eigenvalue weighted by Crippen LogP contribution is 2.29. The molecule has 0 bridgehead atoms. The number of aromatic nitrogens is 3. The highest BCUT2D eigenvalue weighted by Gasteiger charge is 2.23. The normalized spacial score (nSPS) is 12.2. The zero-order chi connectivity index (χ0) is 24.4. The molecule has 8 heteroatoms. The first kappa shape index (κ1) is 23.0. The molecule has 0 radical (unpaired) electrons. The van der Waals surface area contributed by atoms with Gasteiger partial charge in [-0.3, -0.25) is 9.36 Å². The smallest absolute Gasteiger partial charge is 0.233 e. The summed E-state index contributed by atoms with van der Waals surface area (Å²) in [7, 11) is 1.80. The van der Waals surface area contributed by atoms with Gasteiger partial charge in [0.15, 0.2) is 11.0 Å². The molecule has 35 heavy (non-hydrogen) atoms. The van der Waals surface area contributed by atoms with Gasteiger partial charge in [-0.2, -0.15) is 0 Å². The molecule has 0 aliphatic carbocycles. The molecule has 5 rings (SSSR count). The lowest BCUT2D eigenvalue weighted by atomic mass is 10.1. The van der Waals surface area contributed by atoms with E-state index < -0.39 is 0 Å². The number of aryl methyl sites for hydroxylation is 1. The topological polar surface area (TPSA) is 77.3 Å². The Bertz CT molecular complexity index is 1420. The van der Waals surface area contributed by atoms with Crippen LogP contribution in [0.1, 0.15) is 30.0 Å². The lowest BCUT2D eigenvalue weighted by molar-refractivity contribution is -0.129. The zero-order valence-corrected chi connectivity index (χ0v) is 20.7. The molecule has 7 nitrogen and oxygen atoms in total. The summed E-state index contributed by atoms with van der Waals surface area (Å²) in [4.78, 5) is 14.8. The van der Waals surface area contributed by atoms with Crippen LogP contribution in [0.4, 0.5) is 0 Å². The summed E-state index contributed by atoms with van der Waals surface area (Å²) in [6.07, 6.45) is 1.65. The van der Waals surface area contributed by atoms with Gasteiger partial charge in [0, 0.05) is 18.0 Å². The number of thioether (sulfide) groups is 1. The van der Waals surface area contributed by atoms with Crippen molar-refractivity contribution in [2.75, 3.05) is 12.8 Å². The first-order valence-electron chi connectivity index (χ1n) is 11.4. The molecule has 3 heterocycles. The summed E-state index contributed by atoms with van der Waals surface area (Å²) in [5.74, 6) is 2.50. The number of para-hydroxylation sites is 1. The van der Waals surface area contributed by atoms with Crippen molar-refractivity contribution in [3.8, 4) is 11.4 Å². The Labute approximate surface area is 207 Å². The molecule has 2 aromatic carbocycles. The molecule has 0 aliphatic rings. The summed E-state index contributed by atoms with van der Waals surface area (Å²) in [6, 6.07) is 21.6. The third-order valence-electron chi connectivity index (χ3n) is 6.04. The quantitative estimate of drug-likeness (QED) is 0.252. The number of carbonyl (C=O) groups is 1. The minimum atomic E-state index is -0.195. The molecule has 0 spiro atoms. The molecule has 0 N–H and O–H groups in total. The van der Waals surface area contributed by atoms with E-state index in [0.29, 0.717) is 11.7 Å². The molecule has 3 aromatic heterocycles. The van der Waals surface area contributed by atoms with Crippen molar-refractivity contribution >= 4 is 28.6 Å². The van der Waals surface area contributed by atoms with Gasteiger partial charge in [0.25, 0.3) is 0 Å². The number of amides is 1. The summed E-state index contributed by atoms with van der Waals surface area (Å²) < 4.78 is 13.5. The summed E-state index contributed by atoms with van der Waals surface area (Å²) in [6.45, 7) is 4.49. The van der Waals surface area contributed by atoms with Crippen LogP contribution >= 0.6 is 11.8 Å². The Morgan fingerprint density at radius 2 is 1.94 bits per heavy atom. The van der Waals surface area contributed by atoms with Gasteiger partial charge in [0.2, 0.25) is 5.91 Å². The first-order chi connectivity index (χ1) is 17.0. The van der Waals surface area contributed by atoms with E-state index in [9.17, 15) is 4.79 Å². The zero-order valence-electron chi connectivity index (χ0n) is 19.8. The minimum Gasteiger partial charge on any atom is -0.467 e. The van der Waals surface area contributed by atoms with E-state index in [0.717, 1.165) is 39.4 Å². The summed E-state index contributed by atoms with van der Waals surface area (Å²) >= 11 is 1.37. The Hall–Kier alpha value is -3.78. The van der Waals surface area contributed by atoms with Gasteiger partial charge >= 0.3 is 0 Å². The standard InChI is InChI=1S/C27H26N4O3S/c1-18-8-6-10-21(14-18)26-28-29-27(31(26)16-22-11-7-13-33-22)35-17-25(32)30(3)19(2)24-15-20-9-4-5-12-23(20)34-24/h4-15,19H,16-17H2,1-3H3. The molecule has 0 fully saturated rings. The van der Waals surface area contributed by atoms with Gasteiger partial charge in [-0.15, -0.1) is 10.2 Å². The number of fused-ring (bicyclic) bond motifs is 1. The molecule has 5 aromatic rings. The van der Waals surface area contributed by atoms with Crippen LogP contribution < -0.4 is 0 Å². The lowest BCUT2D eigenvalue weighted by Gasteiger charge is -2.23. The van der Waals surface area contributed by atoms with E-state index in [-0.39, 0.29) is 17.7 Å². The van der Waals surface area contributed by atoms with Crippen LogP contribution in [0.5, 0.6) is 0 Å². The van der Waals surface area contributed by atoms with Gasteiger partial charge in [0.1, 0.15) is 17.1 Å². The van der Waals surface area contributed by atoms with Crippen LogP contribution in [0, 0.1) is 6.92 Å². The minimum absolute atomic E-state index is 0.0207. The summed E-state index contributed by atoms with van der Waals surface area (Å²) in [5.41, 5.74) is 2.93. The third-order valence-corrected chi connectivity index (χ3v) is 6.99. The number of hydrogen-bond acceptors (Lipinski definition) is 6. The largest absolute Gasteiger partial charge is 0.467 e. The van der Waals surface area contributed by atoms with E-state index in [1.807, 2.05) is 79.1 Å². The number of furan rings is 2. The monoisotopic (exact) mass is 486 g/mol. The highest BCUT2D eigenvalue weighted by atomic mass is 32.2. The summed E-state index contributed by atoms with van der Waals surface area (Å²) in [5, 5.41) is 10.5. The molecular formula is C27H26N4O3S. The number of carbonyl (C=O) groups excluding carboxylic acids is 1. The number of rotatable bonds is 8. The molecule has 0 saturated heterocycles. The molecule has 1 unspecified atom stereocenters. The van der Waals surface area contributed by atoms with Crippen molar-refractivity contribution in [3.63, 3.8) is 0 Å². The van der Waals surface area contributed by atoms with Gasteiger partial charge in [-0.1, -0.05) is 53.7 Å². The van der Waals surface area contributed by atoms with E-state index in [4.69, 9.17) is 8.83 Å². The fourth-order valence-electron chi connectivity index (χ4n) is 3.94. The Kier molecular flexibility index (Phi) is 6.46. The maximum Gasteiger partial charge on any atom is 0.233 e. The molecule has 0 saturated carbocycles. The van der Waals surface area contributed by atoms with Crippen LogP contribution in [-0.2, 0) is 11.3 Å². The lowest BCUT2D eigenvalue weighted by Crippen LogP contribution is -2.31. The van der Waals surface area contributed by atoms with E-state index in [2.05, 4.69) is 16.3 Å². The molecular weight excluding hydrogens is 460 g/mol. The van der Waals surface area contributed by atoms with Gasteiger partial charge in [-0.25, -0.2) is 0 Å². The average molecular weight is 487 g/mol. The number of hydrogen-bond donors (Lipinski definition) is 0. The van der Waals surface area contributed by atoms with Crippen LogP contribution in [-0.4, -0.2) is 38.4 Å². The van der Waals surface area contributed by atoms with Crippen molar-refractivity contribution in [2.24, 2.45) is 0 Å². The second-order valence-corrected chi connectivity index (χ2v) is 9.44. The SMILES string of the molecule is Cc1cccc(-c2nnc(SCC(=O)N(C)C(C)c3cc4ccccc4o3)n2Cc2ccco2)c1. The second kappa shape index (κ2) is 9.84. The fraction of sp³-hybridized carbons (Fsp3) is 0.222. The van der Waals surface area contributed by atoms with E-state index in [1.54, 1.807) is 18.2 Å². The van der Waals surface area contributed by atoms with E-state index >= 15 is 0 Å². The van der Waals surface area contributed by atoms with Crippen molar-refractivity contribution in [2.45, 2.75) is 31.6 Å². The van der Waals surface area contributed by atoms with Crippen molar-refractivity contribution in [1.29, 1.82) is 0 Å². The van der Waals surface area contributed by atoms with E-state index in [1.165, 1.54) is 11.8 Å². The Morgan fingerprint density at radius 1 is 1.09 bits per heavy atom. The molecule has 1 atom stereocenters. The van der Waals surface area contributed by atoms with Gasteiger partial charge in [0.05, 0.1) is 24.6 Å². The fourth-order valence-corrected chi connectivity index (χ4v) is 4.80. The van der Waals surface area contributed by atoms with Crippen LogP contribution in [0.3, 0.4) is 0 Å². The van der Waals surface area contributed by atoms with Crippen LogP contribution in [0.2, 0.25) is 0 Å². The van der Waals surface area contributed by atoms with Crippen molar-refractivity contribution < 1.29 is 13.6 Å². The van der Waals surface area contributed by atoms with Gasteiger partial charge in [-0.05, 0) is 44.2 Å². The molecule has 0 aliphatic heterocycles. The van der Waals surface area contributed by atoms with Crippen LogP contribution in [0.15, 0.2) is 87.0 Å².